The second kappa shape index (κ2) is 7.06. The minimum absolute atomic E-state index is 0.0841. The van der Waals surface area contributed by atoms with Gasteiger partial charge in [0.05, 0.1) is 11.6 Å². The summed E-state index contributed by atoms with van der Waals surface area (Å²) in [6.07, 6.45) is 3.23. The minimum Gasteiger partial charge on any atom is -0.456 e. The highest BCUT2D eigenvalue weighted by Gasteiger charge is 2.13. The van der Waals surface area contributed by atoms with Crippen molar-refractivity contribution in [2.75, 3.05) is 20.2 Å². The SMILES string of the molecule is CN(CCO)C(=O)c1ccc(Oc2ccncc2)c(Cl)c1. The van der Waals surface area contributed by atoms with Crippen LogP contribution in [-0.4, -0.2) is 41.1 Å². The highest BCUT2D eigenvalue weighted by molar-refractivity contribution is 6.32. The largest absolute Gasteiger partial charge is 0.456 e. The van der Waals surface area contributed by atoms with Crippen molar-refractivity contribution >= 4 is 17.5 Å². The molecule has 0 aliphatic rings. The summed E-state index contributed by atoms with van der Waals surface area (Å²) in [5.41, 5.74) is 0.443. The molecule has 0 unspecified atom stereocenters. The fraction of sp³-hybridized carbons (Fsp3) is 0.200. The molecule has 21 heavy (non-hydrogen) atoms. The first-order valence-corrected chi connectivity index (χ1v) is 6.73. The first kappa shape index (κ1) is 15.3. The summed E-state index contributed by atoms with van der Waals surface area (Å²) >= 11 is 6.14. The third-order valence-electron chi connectivity index (χ3n) is 2.84. The molecule has 1 aromatic heterocycles. The molecule has 0 aliphatic heterocycles. The normalized spacial score (nSPS) is 10.2. The zero-order chi connectivity index (χ0) is 15.2. The van der Waals surface area contributed by atoms with Gasteiger partial charge in [-0.15, -0.1) is 0 Å². The number of hydrogen-bond acceptors (Lipinski definition) is 4. The molecular weight excluding hydrogens is 292 g/mol. The number of carbonyl (C=O) groups excluding carboxylic acids is 1. The van der Waals surface area contributed by atoms with E-state index in [9.17, 15) is 4.79 Å². The van der Waals surface area contributed by atoms with Crippen LogP contribution < -0.4 is 4.74 Å². The first-order chi connectivity index (χ1) is 10.1. The molecule has 1 N–H and O–H groups in total. The second-order valence-electron chi connectivity index (χ2n) is 4.38. The number of aliphatic hydroxyl groups excluding tert-OH is 1. The Bertz CT molecular complexity index is 620. The Balaban J connectivity index is 2.16. The zero-order valence-electron chi connectivity index (χ0n) is 11.5. The molecule has 2 rings (SSSR count). The predicted molar refractivity (Wildman–Crippen MR) is 79.8 cm³/mol. The number of amides is 1. The lowest BCUT2D eigenvalue weighted by Crippen LogP contribution is -2.29. The highest BCUT2D eigenvalue weighted by atomic mass is 35.5. The van der Waals surface area contributed by atoms with Crippen molar-refractivity contribution < 1.29 is 14.6 Å². The van der Waals surface area contributed by atoms with Gasteiger partial charge in [0.25, 0.3) is 5.91 Å². The van der Waals surface area contributed by atoms with Crippen LogP contribution in [0.15, 0.2) is 42.7 Å². The van der Waals surface area contributed by atoms with Crippen molar-refractivity contribution in [2.24, 2.45) is 0 Å². The van der Waals surface area contributed by atoms with E-state index in [0.29, 0.717) is 22.1 Å². The molecule has 110 valence electrons. The Morgan fingerprint density at radius 2 is 2.05 bits per heavy atom. The van der Waals surface area contributed by atoms with E-state index in [1.807, 2.05) is 0 Å². The topological polar surface area (TPSA) is 62.7 Å². The van der Waals surface area contributed by atoms with Crippen molar-refractivity contribution in [3.05, 3.63) is 53.3 Å². The minimum atomic E-state index is -0.207. The number of nitrogens with zero attached hydrogens (tertiary/aromatic N) is 2. The third-order valence-corrected chi connectivity index (χ3v) is 3.13. The van der Waals surface area contributed by atoms with Crippen molar-refractivity contribution in [3.8, 4) is 11.5 Å². The van der Waals surface area contributed by atoms with E-state index in [0.717, 1.165) is 0 Å². The number of aliphatic hydroxyl groups is 1. The second-order valence-corrected chi connectivity index (χ2v) is 4.79. The van der Waals surface area contributed by atoms with Crippen LogP contribution in [-0.2, 0) is 0 Å². The number of ether oxygens (including phenoxy) is 1. The van der Waals surface area contributed by atoms with E-state index in [4.69, 9.17) is 21.4 Å². The maximum absolute atomic E-state index is 12.1. The average Bonchev–Trinajstić information content (AvgIpc) is 2.50. The van der Waals surface area contributed by atoms with Crippen LogP contribution in [0, 0.1) is 0 Å². The first-order valence-electron chi connectivity index (χ1n) is 6.35. The number of aromatic nitrogens is 1. The standard InChI is InChI=1S/C15H15ClN2O3/c1-18(8-9-19)15(20)11-2-3-14(13(16)10-11)21-12-4-6-17-7-5-12/h2-7,10,19H,8-9H2,1H3. The van der Waals surface area contributed by atoms with Gasteiger partial charge in [0.2, 0.25) is 0 Å². The Morgan fingerprint density at radius 3 is 2.67 bits per heavy atom. The van der Waals surface area contributed by atoms with Crippen LogP contribution in [0.4, 0.5) is 0 Å². The molecule has 0 radical (unpaired) electrons. The maximum atomic E-state index is 12.1. The number of benzene rings is 1. The van der Waals surface area contributed by atoms with Crippen LogP contribution >= 0.6 is 11.6 Å². The molecule has 0 atom stereocenters. The van der Waals surface area contributed by atoms with Gasteiger partial charge in [-0.1, -0.05) is 11.6 Å². The van der Waals surface area contributed by atoms with Gasteiger partial charge in [0.1, 0.15) is 11.5 Å². The molecule has 0 saturated heterocycles. The van der Waals surface area contributed by atoms with Crippen molar-refractivity contribution in [1.82, 2.24) is 9.88 Å². The van der Waals surface area contributed by atoms with Crippen LogP contribution in [0.1, 0.15) is 10.4 Å². The van der Waals surface area contributed by atoms with E-state index in [-0.39, 0.29) is 19.1 Å². The predicted octanol–water partition coefficient (Wildman–Crippen LogP) is 2.59. The van der Waals surface area contributed by atoms with Crippen LogP contribution in [0.3, 0.4) is 0 Å². The molecule has 1 aromatic carbocycles. The van der Waals surface area contributed by atoms with Crippen molar-refractivity contribution in [2.45, 2.75) is 0 Å². The summed E-state index contributed by atoms with van der Waals surface area (Å²) in [5.74, 6) is 0.869. The van der Waals surface area contributed by atoms with Crippen molar-refractivity contribution in [1.29, 1.82) is 0 Å². The molecule has 0 saturated carbocycles. The van der Waals surface area contributed by atoms with E-state index in [1.54, 1.807) is 49.8 Å². The lowest BCUT2D eigenvalue weighted by molar-refractivity contribution is 0.0767. The number of pyridine rings is 1. The smallest absolute Gasteiger partial charge is 0.253 e. The summed E-state index contributed by atoms with van der Waals surface area (Å²) in [6, 6.07) is 8.25. The molecule has 6 heteroatoms. The van der Waals surface area contributed by atoms with Gasteiger partial charge >= 0.3 is 0 Å². The molecule has 0 spiro atoms. The van der Waals surface area contributed by atoms with Gasteiger partial charge in [0.15, 0.2) is 0 Å². The van der Waals surface area contributed by atoms with Crippen LogP contribution in [0.25, 0.3) is 0 Å². The number of hydrogen-bond donors (Lipinski definition) is 1. The van der Waals surface area contributed by atoms with E-state index in [2.05, 4.69) is 4.98 Å². The summed E-state index contributed by atoms with van der Waals surface area (Å²) in [5, 5.41) is 9.19. The summed E-state index contributed by atoms with van der Waals surface area (Å²) < 4.78 is 5.61. The summed E-state index contributed by atoms with van der Waals surface area (Å²) in [6.45, 7) is 0.185. The van der Waals surface area contributed by atoms with Crippen LogP contribution in [0.5, 0.6) is 11.5 Å². The van der Waals surface area contributed by atoms with Crippen LogP contribution in [0.2, 0.25) is 5.02 Å². The summed E-state index contributed by atoms with van der Waals surface area (Å²) in [7, 11) is 1.62. The number of halogens is 1. The van der Waals surface area contributed by atoms with Gasteiger partial charge in [-0.3, -0.25) is 9.78 Å². The van der Waals surface area contributed by atoms with Gasteiger partial charge in [-0.2, -0.15) is 0 Å². The van der Waals surface area contributed by atoms with Gasteiger partial charge in [0, 0.05) is 31.5 Å². The lowest BCUT2D eigenvalue weighted by Gasteiger charge is -2.16. The Kier molecular flexibility index (Phi) is 5.14. The maximum Gasteiger partial charge on any atom is 0.253 e. The monoisotopic (exact) mass is 306 g/mol. The Labute approximate surface area is 127 Å². The average molecular weight is 307 g/mol. The molecule has 2 aromatic rings. The molecule has 5 nitrogen and oxygen atoms in total. The van der Waals surface area contributed by atoms with Gasteiger partial charge < -0.3 is 14.7 Å². The molecule has 1 amide bonds. The lowest BCUT2D eigenvalue weighted by atomic mass is 10.2. The van der Waals surface area contributed by atoms with Gasteiger partial charge in [-0.25, -0.2) is 0 Å². The molecule has 0 fully saturated rings. The number of carbonyl (C=O) groups is 1. The molecular formula is C15H15ClN2O3. The number of likely N-dealkylation sites (N-methyl/N-ethyl adjacent to an activating group) is 1. The Morgan fingerprint density at radius 1 is 1.33 bits per heavy atom. The molecule has 0 aliphatic carbocycles. The summed E-state index contributed by atoms with van der Waals surface area (Å²) in [4.78, 5) is 17.4. The fourth-order valence-corrected chi connectivity index (χ4v) is 1.94. The van der Waals surface area contributed by atoms with Gasteiger partial charge in [-0.05, 0) is 30.3 Å². The highest BCUT2D eigenvalue weighted by Crippen LogP contribution is 2.30. The van der Waals surface area contributed by atoms with E-state index < -0.39 is 0 Å². The molecule has 1 heterocycles. The third kappa shape index (κ3) is 3.93. The fourth-order valence-electron chi connectivity index (χ4n) is 1.72. The van der Waals surface area contributed by atoms with E-state index in [1.165, 1.54) is 4.90 Å². The van der Waals surface area contributed by atoms with Crippen molar-refractivity contribution in [3.63, 3.8) is 0 Å². The Hall–Kier alpha value is -2.11. The van der Waals surface area contributed by atoms with E-state index >= 15 is 0 Å². The zero-order valence-corrected chi connectivity index (χ0v) is 12.2. The molecule has 0 bridgehead atoms. The quantitative estimate of drug-likeness (QED) is 0.922. The number of rotatable bonds is 5.